The van der Waals surface area contributed by atoms with E-state index in [1.807, 2.05) is 25.1 Å². The fourth-order valence-corrected chi connectivity index (χ4v) is 2.11. The van der Waals surface area contributed by atoms with Crippen LogP contribution in [0.2, 0.25) is 0 Å². The number of carbonyl (C=O) groups is 1. The Kier molecular flexibility index (Phi) is 4.10. The van der Waals surface area contributed by atoms with Crippen LogP contribution < -0.4 is 10.6 Å². The fraction of sp³-hybridized carbons (Fsp3) is 0.533. The summed E-state index contributed by atoms with van der Waals surface area (Å²) in [5, 5.41) is 16.0. The molecular weight excluding hydrogens is 240 g/mol. The molecule has 0 saturated heterocycles. The molecule has 19 heavy (non-hydrogen) atoms. The summed E-state index contributed by atoms with van der Waals surface area (Å²) in [6, 6.07) is 5.73. The standard InChI is InChI=1S/C15H22N2O2/c1-3-15(2,19)10-17-14(18)12-6-7-13-11(9-12)5-4-8-16-13/h6-7,9,16,19H,3-5,8,10H2,1-2H3,(H,17,18). The lowest BCUT2D eigenvalue weighted by molar-refractivity contribution is 0.0518. The van der Waals surface area contributed by atoms with Crippen LogP contribution in [0.25, 0.3) is 0 Å². The molecule has 2 rings (SSSR count). The topological polar surface area (TPSA) is 61.4 Å². The highest BCUT2D eigenvalue weighted by Crippen LogP contribution is 2.22. The van der Waals surface area contributed by atoms with Gasteiger partial charge in [-0.1, -0.05) is 6.92 Å². The minimum atomic E-state index is -0.842. The molecule has 4 heteroatoms. The Morgan fingerprint density at radius 1 is 1.53 bits per heavy atom. The van der Waals surface area contributed by atoms with Crippen LogP contribution in [-0.4, -0.2) is 29.7 Å². The first-order valence-corrected chi connectivity index (χ1v) is 6.89. The lowest BCUT2D eigenvalue weighted by Crippen LogP contribution is -2.40. The van der Waals surface area contributed by atoms with E-state index < -0.39 is 5.60 Å². The highest BCUT2D eigenvalue weighted by atomic mass is 16.3. The Morgan fingerprint density at radius 2 is 2.32 bits per heavy atom. The van der Waals surface area contributed by atoms with Gasteiger partial charge in [-0.2, -0.15) is 0 Å². The van der Waals surface area contributed by atoms with Gasteiger partial charge >= 0.3 is 0 Å². The summed E-state index contributed by atoms with van der Waals surface area (Å²) in [4.78, 5) is 12.1. The van der Waals surface area contributed by atoms with Crippen LogP contribution in [0.5, 0.6) is 0 Å². The summed E-state index contributed by atoms with van der Waals surface area (Å²) in [5.74, 6) is -0.123. The summed E-state index contributed by atoms with van der Waals surface area (Å²) in [6.07, 6.45) is 2.72. The van der Waals surface area contributed by atoms with Crippen LogP contribution in [0, 0.1) is 0 Å². The van der Waals surface area contributed by atoms with Crippen LogP contribution in [0.4, 0.5) is 5.69 Å². The van der Waals surface area contributed by atoms with Crippen molar-refractivity contribution in [1.82, 2.24) is 5.32 Å². The highest BCUT2D eigenvalue weighted by molar-refractivity contribution is 5.95. The van der Waals surface area contributed by atoms with Gasteiger partial charge < -0.3 is 15.7 Å². The first-order valence-electron chi connectivity index (χ1n) is 6.89. The second-order valence-corrected chi connectivity index (χ2v) is 5.44. The van der Waals surface area contributed by atoms with Gasteiger partial charge in [-0.05, 0) is 49.9 Å². The van der Waals surface area contributed by atoms with Gasteiger partial charge in [-0.25, -0.2) is 0 Å². The number of aliphatic hydroxyl groups is 1. The maximum Gasteiger partial charge on any atom is 0.251 e. The maximum atomic E-state index is 12.1. The molecule has 0 radical (unpaired) electrons. The first-order chi connectivity index (χ1) is 9.02. The molecule has 1 aliphatic heterocycles. The smallest absolute Gasteiger partial charge is 0.251 e. The number of fused-ring (bicyclic) bond motifs is 1. The lowest BCUT2D eigenvalue weighted by atomic mass is 10.00. The molecule has 0 bridgehead atoms. The van der Waals surface area contributed by atoms with Gasteiger partial charge in [0.2, 0.25) is 0 Å². The van der Waals surface area contributed by atoms with E-state index in [1.165, 1.54) is 5.56 Å². The van der Waals surface area contributed by atoms with Crippen molar-refractivity contribution in [2.45, 2.75) is 38.7 Å². The summed E-state index contributed by atoms with van der Waals surface area (Å²) in [7, 11) is 0. The number of rotatable bonds is 4. The summed E-state index contributed by atoms with van der Waals surface area (Å²) in [6.45, 7) is 4.90. The molecule has 0 aliphatic carbocycles. The average Bonchev–Trinajstić information content (AvgIpc) is 2.44. The number of hydrogen-bond donors (Lipinski definition) is 3. The van der Waals surface area contributed by atoms with Gasteiger partial charge in [0.15, 0.2) is 0 Å². The van der Waals surface area contributed by atoms with Crippen molar-refractivity contribution in [3.05, 3.63) is 29.3 Å². The number of amides is 1. The zero-order chi connectivity index (χ0) is 13.9. The van der Waals surface area contributed by atoms with Crippen LogP contribution in [0.3, 0.4) is 0 Å². The Balaban J connectivity index is 2.03. The van der Waals surface area contributed by atoms with E-state index in [0.29, 0.717) is 12.0 Å². The van der Waals surface area contributed by atoms with Gasteiger partial charge in [0.1, 0.15) is 0 Å². The van der Waals surface area contributed by atoms with E-state index >= 15 is 0 Å². The third-order valence-corrected chi connectivity index (χ3v) is 3.70. The third-order valence-electron chi connectivity index (χ3n) is 3.70. The number of aryl methyl sites for hydroxylation is 1. The van der Waals surface area contributed by atoms with Crippen molar-refractivity contribution in [2.75, 3.05) is 18.4 Å². The predicted octanol–water partition coefficient (Wildman–Crippen LogP) is 1.94. The molecule has 1 heterocycles. The minimum Gasteiger partial charge on any atom is -0.388 e. The van der Waals surface area contributed by atoms with Gasteiger partial charge in [-0.3, -0.25) is 4.79 Å². The summed E-state index contributed by atoms with van der Waals surface area (Å²) >= 11 is 0. The number of hydrogen-bond acceptors (Lipinski definition) is 3. The molecule has 0 spiro atoms. The molecule has 1 aromatic rings. The van der Waals surface area contributed by atoms with E-state index in [1.54, 1.807) is 6.92 Å². The second kappa shape index (κ2) is 5.61. The molecule has 4 nitrogen and oxygen atoms in total. The third kappa shape index (κ3) is 3.47. The molecule has 0 fully saturated rings. The average molecular weight is 262 g/mol. The van der Waals surface area contributed by atoms with Crippen LogP contribution in [0.1, 0.15) is 42.6 Å². The quantitative estimate of drug-likeness (QED) is 0.777. The second-order valence-electron chi connectivity index (χ2n) is 5.44. The molecular formula is C15H22N2O2. The molecule has 3 N–H and O–H groups in total. The monoisotopic (exact) mass is 262 g/mol. The molecule has 1 aromatic carbocycles. The molecule has 1 unspecified atom stereocenters. The van der Waals surface area contributed by atoms with E-state index in [4.69, 9.17) is 0 Å². The molecule has 1 atom stereocenters. The van der Waals surface area contributed by atoms with E-state index in [2.05, 4.69) is 10.6 Å². The Morgan fingerprint density at radius 3 is 3.05 bits per heavy atom. The zero-order valence-electron chi connectivity index (χ0n) is 11.6. The van der Waals surface area contributed by atoms with Crippen molar-refractivity contribution < 1.29 is 9.90 Å². The van der Waals surface area contributed by atoms with Crippen molar-refractivity contribution in [3.8, 4) is 0 Å². The zero-order valence-corrected chi connectivity index (χ0v) is 11.6. The SMILES string of the molecule is CCC(C)(O)CNC(=O)c1ccc2c(c1)CCCN2. The maximum absolute atomic E-state index is 12.1. The minimum absolute atomic E-state index is 0.123. The largest absolute Gasteiger partial charge is 0.388 e. The molecule has 1 aliphatic rings. The molecule has 1 amide bonds. The number of benzene rings is 1. The van der Waals surface area contributed by atoms with E-state index in [9.17, 15) is 9.90 Å². The van der Waals surface area contributed by atoms with Crippen molar-refractivity contribution in [3.63, 3.8) is 0 Å². The predicted molar refractivity (Wildman–Crippen MR) is 76.5 cm³/mol. The Bertz CT molecular complexity index is 469. The molecule has 104 valence electrons. The van der Waals surface area contributed by atoms with E-state index in [0.717, 1.165) is 25.1 Å². The van der Waals surface area contributed by atoms with Gasteiger partial charge in [0, 0.05) is 24.3 Å². The van der Waals surface area contributed by atoms with E-state index in [-0.39, 0.29) is 12.5 Å². The summed E-state index contributed by atoms with van der Waals surface area (Å²) < 4.78 is 0. The summed E-state index contributed by atoms with van der Waals surface area (Å²) in [5.41, 5.74) is 2.14. The first kappa shape index (κ1) is 13.9. The highest BCUT2D eigenvalue weighted by Gasteiger charge is 2.19. The lowest BCUT2D eigenvalue weighted by Gasteiger charge is -2.22. The van der Waals surface area contributed by atoms with Gasteiger partial charge in [-0.15, -0.1) is 0 Å². The van der Waals surface area contributed by atoms with Crippen LogP contribution in [0.15, 0.2) is 18.2 Å². The number of nitrogens with one attached hydrogen (secondary N) is 2. The number of carbonyl (C=O) groups excluding carboxylic acids is 1. The number of anilines is 1. The van der Waals surface area contributed by atoms with Gasteiger partial charge in [0.05, 0.1) is 5.60 Å². The Labute approximate surface area is 114 Å². The fourth-order valence-electron chi connectivity index (χ4n) is 2.11. The van der Waals surface area contributed by atoms with Crippen molar-refractivity contribution in [1.29, 1.82) is 0 Å². The molecule has 0 saturated carbocycles. The van der Waals surface area contributed by atoms with Crippen molar-refractivity contribution in [2.24, 2.45) is 0 Å². The van der Waals surface area contributed by atoms with Crippen LogP contribution >= 0.6 is 0 Å². The van der Waals surface area contributed by atoms with Crippen molar-refractivity contribution >= 4 is 11.6 Å². The normalized spacial score (nSPS) is 17.0. The van der Waals surface area contributed by atoms with Gasteiger partial charge in [0.25, 0.3) is 5.91 Å². The molecule has 0 aromatic heterocycles. The Hall–Kier alpha value is -1.55. The van der Waals surface area contributed by atoms with Crippen LogP contribution in [-0.2, 0) is 6.42 Å².